The molecule has 0 spiro atoms. The van der Waals surface area contributed by atoms with Gasteiger partial charge in [-0.15, -0.1) is 0 Å². The van der Waals surface area contributed by atoms with Crippen molar-refractivity contribution in [1.29, 1.82) is 0 Å². The van der Waals surface area contributed by atoms with Crippen molar-refractivity contribution in [3.05, 3.63) is 18.2 Å². The van der Waals surface area contributed by atoms with Gasteiger partial charge in [0.25, 0.3) is 0 Å². The molecule has 25 nitrogen and oxygen atoms in total. The molecule has 70 heavy (non-hydrogen) atoms. The fourth-order valence-electron chi connectivity index (χ4n) is 7.09. The lowest BCUT2D eigenvalue weighted by Gasteiger charge is -2.30. The number of aliphatic hydroxyl groups is 1. The third-order valence-corrected chi connectivity index (χ3v) is 12.7. The number of phosphoric acid groups is 1. The van der Waals surface area contributed by atoms with Gasteiger partial charge in [0.1, 0.15) is 30.2 Å². The Balaban J connectivity index is 2.09. The van der Waals surface area contributed by atoms with E-state index in [9.17, 15) is 48.1 Å². The van der Waals surface area contributed by atoms with Crippen molar-refractivity contribution in [3.8, 4) is 0 Å². The summed E-state index contributed by atoms with van der Waals surface area (Å²) in [6.07, 6.45) is 3.33. The van der Waals surface area contributed by atoms with E-state index in [1.54, 1.807) is 0 Å². The Kier molecular flexibility index (Phi) is 26.5. The van der Waals surface area contributed by atoms with Gasteiger partial charge in [0.05, 0.1) is 62.5 Å². The first kappa shape index (κ1) is 61.9. The fraction of sp³-hybridized carbons (Fsp3) is 0.767. The number of nitrogens with one attached hydrogen (secondary N) is 6. The molecule has 1 aromatic heterocycles. The second-order valence-electron chi connectivity index (χ2n) is 18.7. The van der Waals surface area contributed by atoms with Crippen molar-refractivity contribution < 1.29 is 66.6 Å². The summed E-state index contributed by atoms with van der Waals surface area (Å²) in [6.45, 7) is 12.5. The zero-order valence-corrected chi connectivity index (χ0v) is 43.2. The summed E-state index contributed by atoms with van der Waals surface area (Å²) in [5.41, 5.74) is 15.7. The first-order chi connectivity index (χ1) is 32.7. The van der Waals surface area contributed by atoms with Gasteiger partial charge in [0.2, 0.25) is 41.4 Å². The third-order valence-electron chi connectivity index (χ3n) is 11.2. The minimum atomic E-state index is -4.73. The van der Waals surface area contributed by atoms with E-state index in [0.717, 1.165) is 0 Å². The lowest BCUT2D eigenvalue weighted by Crippen LogP contribution is -2.61. The van der Waals surface area contributed by atoms with E-state index in [1.165, 1.54) is 24.3 Å². The standard InChI is InChI=1S/C43H78N11O14PS/c1-26(2)20-30(51-41(62)33-10-8-16-54(33)34(56)11-18-65-43(6,7)13-19-66-42(4,5)12-15-48-37(58)29(45)24-70)38(59)50-31(21-28-22-47-25-49-28)39(60)52-32(23-55)40(61)53-35(36(46)57)27(3)68-69(63,64)67-17-9-14-44/h22,25-27,29-33,35,55,70H,8-21,23-24,44-45H2,1-7H3,(H2,46,57)(H,47,49)(H,48,58)(H,50,59)(H,51,62)(H,52,60)(H,53,61)(H,63,64)/t27-,29+,30+,31+,32+,33+,35+/m1/s1. The summed E-state index contributed by atoms with van der Waals surface area (Å²) in [4.78, 5) is 111. The van der Waals surface area contributed by atoms with Gasteiger partial charge < -0.3 is 73.1 Å². The van der Waals surface area contributed by atoms with Gasteiger partial charge in [-0.05, 0) is 85.6 Å². The summed E-state index contributed by atoms with van der Waals surface area (Å²) >= 11 is 4.04. The van der Waals surface area contributed by atoms with E-state index in [2.05, 4.69) is 49.2 Å². The van der Waals surface area contributed by atoms with E-state index < -0.39 is 97.5 Å². The lowest BCUT2D eigenvalue weighted by molar-refractivity contribution is -0.141. The molecule has 14 N–H and O–H groups in total. The number of thiol groups is 1. The zero-order chi connectivity index (χ0) is 52.8. The average molecular weight is 1040 g/mol. The molecule has 1 fully saturated rings. The van der Waals surface area contributed by atoms with Gasteiger partial charge in [-0.3, -0.25) is 42.6 Å². The number of primary amides is 1. The number of likely N-dealkylation sites (tertiary alicyclic amines) is 1. The summed E-state index contributed by atoms with van der Waals surface area (Å²) in [6, 6.07) is -7.62. The van der Waals surface area contributed by atoms with Crippen LogP contribution in [-0.2, 0) is 63.1 Å². The summed E-state index contributed by atoms with van der Waals surface area (Å²) in [5, 5.41) is 22.9. The molecular formula is C43H78N11O14PS. The monoisotopic (exact) mass is 1040 g/mol. The highest BCUT2D eigenvalue weighted by atomic mass is 32.1. The number of carbonyl (C=O) groups excluding carboxylic acids is 7. The van der Waals surface area contributed by atoms with Crippen LogP contribution in [0.3, 0.4) is 0 Å². The molecule has 2 heterocycles. The first-order valence-electron chi connectivity index (χ1n) is 23.4. The number of hydrogen-bond acceptors (Lipinski definition) is 17. The van der Waals surface area contributed by atoms with Crippen LogP contribution < -0.4 is 43.8 Å². The summed E-state index contributed by atoms with van der Waals surface area (Å²) in [5.74, 6) is -5.07. The Hall–Kier alpha value is -4.24. The number of hydrogen-bond donors (Lipinski definition) is 12. The smallest absolute Gasteiger partial charge is 0.394 e. The minimum absolute atomic E-state index is 0.00779. The number of phosphoric ester groups is 1. The van der Waals surface area contributed by atoms with Crippen molar-refractivity contribution in [3.63, 3.8) is 0 Å². The number of aromatic amines is 1. The molecule has 1 saturated heterocycles. The normalized spacial score (nSPS) is 17.6. The zero-order valence-electron chi connectivity index (χ0n) is 41.4. The van der Waals surface area contributed by atoms with Crippen LogP contribution in [0.4, 0.5) is 0 Å². The van der Waals surface area contributed by atoms with Crippen LogP contribution in [0.1, 0.15) is 99.1 Å². The van der Waals surface area contributed by atoms with Crippen molar-refractivity contribution in [2.24, 2.45) is 23.1 Å². The Labute approximate surface area is 415 Å². The number of nitrogens with zero attached hydrogens (tertiary/aromatic N) is 2. The van der Waals surface area contributed by atoms with Crippen LogP contribution in [-0.4, -0.2) is 172 Å². The van der Waals surface area contributed by atoms with Gasteiger partial charge in [-0.2, -0.15) is 12.6 Å². The second-order valence-corrected chi connectivity index (χ2v) is 20.5. The lowest BCUT2D eigenvalue weighted by atomic mass is 10.0. The predicted molar refractivity (Wildman–Crippen MR) is 259 cm³/mol. The number of ether oxygens (including phenoxy) is 2. The van der Waals surface area contributed by atoms with E-state index in [1.807, 2.05) is 41.5 Å². The van der Waals surface area contributed by atoms with Gasteiger partial charge >= 0.3 is 7.82 Å². The number of imidazole rings is 1. The molecule has 0 saturated carbocycles. The maximum absolute atomic E-state index is 14.0. The average Bonchev–Trinajstić information content (AvgIpc) is 3.99. The Bertz CT molecular complexity index is 1900. The van der Waals surface area contributed by atoms with E-state index in [0.29, 0.717) is 51.1 Å². The summed E-state index contributed by atoms with van der Waals surface area (Å²) < 4.78 is 34.3. The number of rotatable bonds is 34. The maximum atomic E-state index is 14.0. The molecule has 0 aliphatic carbocycles. The molecule has 1 aromatic rings. The molecule has 2 rings (SSSR count). The number of aromatic nitrogens is 2. The maximum Gasteiger partial charge on any atom is 0.472 e. The number of H-pyrrole nitrogens is 1. The SMILES string of the molecule is CC(C)C[C@H](NC(=O)[C@@H]1CCCN1C(=O)CCOC(C)(C)CCOC(C)(C)CCNC(=O)[C@@H](N)CS)C(=O)N[C@@H](Cc1cnc[nH]1)C(=O)N[C@@H](CO)C(=O)N[C@H](C(N)=O)[C@@H](C)OP(=O)(O)OCCCN. The largest absolute Gasteiger partial charge is 0.472 e. The van der Waals surface area contributed by atoms with Crippen molar-refractivity contribution in [1.82, 2.24) is 41.5 Å². The first-order valence-corrected chi connectivity index (χ1v) is 25.5. The van der Waals surface area contributed by atoms with Crippen LogP contribution in [0.5, 0.6) is 0 Å². The Morgan fingerprint density at radius 1 is 0.929 bits per heavy atom. The highest BCUT2D eigenvalue weighted by Crippen LogP contribution is 2.45. The topological polar surface area (TPSA) is 384 Å². The van der Waals surface area contributed by atoms with E-state index in [4.69, 9.17) is 35.7 Å². The van der Waals surface area contributed by atoms with Crippen molar-refractivity contribution in [2.45, 2.75) is 153 Å². The highest BCUT2D eigenvalue weighted by Gasteiger charge is 2.38. The second kappa shape index (κ2) is 29.9. The molecule has 400 valence electrons. The number of nitrogens with two attached hydrogens (primary N) is 3. The number of aliphatic hydroxyl groups excluding tert-OH is 1. The molecule has 8 atom stereocenters. The van der Waals surface area contributed by atoms with Crippen LogP contribution in [0.15, 0.2) is 12.5 Å². The quantitative estimate of drug-likeness (QED) is 0.0210. The van der Waals surface area contributed by atoms with Gasteiger partial charge in [-0.25, -0.2) is 9.55 Å². The van der Waals surface area contributed by atoms with Crippen molar-refractivity contribution >= 4 is 61.8 Å². The van der Waals surface area contributed by atoms with E-state index in [-0.39, 0.29) is 68.9 Å². The van der Waals surface area contributed by atoms with Crippen LogP contribution in [0.25, 0.3) is 0 Å². The number of carbonyl (C=O) groups is 7. The fourth-order valence-corrected chi connectivity index (χ4v) is 8.22. The minimum Gasteiger partial charge on any atom is -0.394 e. The predicted octanol–water partition coefficient (Wildman–Crippen LogP) is -1.59. The van der Waals surface area contributed by atoms with Crippen molar-refractivity contribution in [2.75, 3.05) is 51.8 Å². The van der Waals surface area contributed by atoms with Crippen LogP contribution in [0.2, 0.25) is 0 Å². The van der Waals surface area contributed by atoms with Gasteiger partial charge in [0.15, 0.2) is 0 Å². The molecule has 0 aromatic carbocycles. The van der Waals surface area contributed by atoms with E-state index >= 15 is 0 Å². The number of amides is 7. The molecule has 1 aliphatic heterocycles. The van der Waals surface area contributed by atoms with Crippen LogP contribution >= 0.6 is 20.5 Å². The molecule has 7 amide bonds. The molecule has 0 bridgehead atoms. The highest BCUT2D eigenvalue weighted by molar-refractivity contribution is 7.80. The molecule has 0 radical (unpaired) electrons. The third kappa shape index (κ3) is 22.5. The van der Waals surface area contributed by atoms with Crippen LogP contribution in [0, 0.1) is 5.92 Å². The molecular weight excluding hydrogens is 958 g/mol. The Morgan fingerprint density at radius 2 is 1.56 bits per heavy atom. The van der Waals surface area contributed by atoms with Gasteiger partial charge in [-0.1, -0.05) is 13.8 Å². The molecule has 1 unspecified atom stereocenters. The summed E-state index contributed by atoms with van der Waals surface area (Å²) in [7, 11) is -4.73. The Morgan fingerprint density at radius 3 is 2.16 bits per heavy atom. The molecule has 27 heteroatoms. The molecule has 1 aliphatic rings. The van der Waals surface area contributed by atoms with Gasteiger partial charge in [0, 0.05) is 37.2 Å².